The largest absolute Gasteiger partial charge is 0.383 e. The summed E-state index contributed by atoms with van der Waals surface area (Å²) in [6.45, 7) is 0. The molecule has 2 heterocycles. The molecule has 0 atom stereocenters. The number of hydrogen-bond donors (Lipinski definition) is 4. The molecule has 0 fully saturated rings. The molecule has 3 rings (SSSR count). The number of aromatic amines is 1. The smallest absolute Gasteiger partial charge is 0.223 e. The predicted octanol–water partition coefficient (Wildman–Crippen LogP) is 1.30. The van der Waals surface area contributed by atoms with Crippen LogP contribution in [0.25, 0.3) is 10.9 Å². The Morgan fingerprint density at radius 2 is 1.68 bits per heavy atom. The highest BCUT2D eigenvalue weighted by molar-refractivity contribution is 5.83. The molecular formula is C13H14N6. The molecule has 6 heteroatoms. The monoisotopic (exact) mass is 254 g/mol. The molecule has 96 valence electrons. The quantitative estimate of drug-likeness (QED) is 0.549. The number of hydrogen-bond acceptors (Lipinski definition) is 5. The van der Waals surface area contributed by atoms with Crippen LogP contribution < -0.4 is 17.2 Å². The Balaban J connectivity index is 2.06. The number of para-hydroxylation sites is 1. The van der Waals surface area contributed by atoms with Crippen molar-refractivity contribution in [3.8, 4) is 0 Å². The van der Waals surface area contributed by atoms with Crippen molar-refractivity contribution in [1.82, 2.24) is 15.0 Å². The third-order valence-electron chi connectivity index (χ3n) is 3.13. The van der Waals surface area contributed by atoms with Crippen LogP contribution in [-0.2, 0) is 6.42 Å². The third-order valence-corrected chi connectivity index (χ3v) is 3.13. The van der Waals surface area contributed by atoms with Crippen LogP contribution in [0.3, 0.4) is 0 Å². The van der Waals surface area contributed by atoms with Crippen molar-refractivity contribution in [3.05, 3.63) is 41.6 Å². The maximum atomic E-state index is 5.86. The molecule has 0 spiro atoms. The molecule has 0 aliphatic heterocycles. The van der Waals surface area contributed by atoms with Crippen LogP contribution in [0, 0.1) is 0 Å². The Hall–Kier alpha value is -2.76. The van der Waals surface area contributed by atoms with E-state index in [-0.39, 0.29) is 5.95 Å². The lowest BCUT2D eigenvalue weighted by Gasteiger charge is -2.07. The second-order valence-electron chi connectivity index (χ2n) is 4.37. The van der Waals surface area contributed by atoms with E-state index in [1.165, 1.54) is 0 Å². The zero-order chi connectivity index (χ0) is 13.4. The summed E-state index contributed by atoms with van der Waals surface area (Å²) >= 11 is 0. The van der Waals surface area contributed by atoms with Gasteiger partial charge in [-0.25, -0.2) is 0 Å². The Morgan fingerprint density at radius 3 is 2.42 bits per heavy atom. The Bertz CT molecular complexity index is 723. The number of fused-ring (bicyclic) bond motifs is 1. The maximum absolute atomic E-state index is 5.86. The maximum Gasteiger partial charge on any atom is 0.223 e. The van der Waals surface area contributed by atoms with Gasteiger partial charge in [-0.1, -0.05) is 18.2 Å². The van der Waals surface area contributed by atoms with Crippen LogP contribution in [0.4, 0.5) is 17.6 Å². The molecule has 6 nitrogen and oxygen atoms in total. The fourth-order valence-corrected chi connectivity index (χ4v) is 2.19. The summed E-state index contributed by atoms with van der Waals surface area (Å²) in [5.74, 6) is 0.753. The van der Waals surface area contributed by atoms with E-state index in [9.17, 15) is 0 Å². The number of rotatable bonds is 2. The molecule has 0 aliphatic rings. The third kappa shape index (κ3) is 1.93. The molecule has 19 heavy (non-hydrogen) atoms. The average molecular weight is 254 g/mol. The first-order valence-electron chi connectivity index (χ1n) is 5.87. The number of H-pyrrole nitrogens is 1. The van der Waals surface area contributed by atoms with Crippen molar-refractivity contribution in [1.29, 1.82) is 0 Å². The summed E-state index contributed by atoms with van der Waals surface area (Å²) in [4.78, 5) is 11.1. The van der Waals surface area contributed by atoms with Gasteiger partial charge >= 0.3 is 0 Å². The molecule has 0 bridgehead atoms. The average Bonchev–Trinajstić information content (AvgIpc) is 2.77. The number of nitrogens with two attached hydrogens (primary N) is 3. The van der Waals surface area contributed by atoms with Crippen molar-refractivity contribution >= 4 is 28.5 Å². The summed E-state index contributed by atoms with van der Waals surface area (Å²) in [7, 11) is 0. The summed E-state index contributed by atoms with van der Waals surface area (Å²) < 4.78 is 0. The molecule has 2 aromatic heterocycles. The molecular weight excluding hydrogens is 240 g/mol. The van der Waals surface area contributed by atoms with E-state index in [4.69, 9.17) is 17.2 Å². The number of nitrogen functional groups attached to an aromatic ring is 3. The van der Waals surface area contributed by atoms with Crippen LogP contribution >= 0.6 is 0 Å². The number of nitrogens with zero attached hydrogens (tertiary/aromatic N) is 2. The number of nitrogens with one attached hydrogen (secondary N) is 1. The Kier molecular flexibility index (Phi) is 2.49. The topological polar surface area (TPSA) is 120 Å². The summed E-state index contributed by atoms with van der Waals surface area (Å²) in [5, 5.41) is 1.14. The molecule has 0 aliphatic carbocycles. The minimum atomic E-state index is 0.0951. The molecule has 0 unspecified atom stereocenters. The van der Waals surface area contributed by atoms with E-state index in [2.05, 4.69) is 15.0 Å². The lowest BCUT2D eigenvalue weighted by atomic mass is 10.1. The molecule has 3 aromatic rings. The number of benzene rings is 1. The van der Waals surface area contributed by atoms with E-state index < -0.39 is 0 Å². The van der Waals surface area contributed by atoms with Gasteiger partial charge in [-0.3, -0.25) is 0 Å². The van der Waals surface area contributed by atoms with Crippen LogP contribution in [0.15, 0.2) is 30.5 Å². The van der Waals surface area contributed by atoms with Crippen molar-refractivity contribution in [2.45, 2.75) is 6.42 Å². The summed E-state index contributed by atoms with van der Waals surface area (Å²) in [6, 6.07) is 8.04. The van der Waals surface area contributed by atoms with Crippen molar-refractivity contribution < 1.29 is 0 Å². The van der Waals surface area contributed by atoms with Crippen LogP contribution in [0.2, 0.25) is 0 Å². The molecule has 0 amide bonds. The summed E-state index contributed by atoms with van der Waals surface area (Å²) in [6.07, 6.45) is 2.52. The van der Waals surface area contributed by atoms with Crippen molar-refractivity contribution in [2.75, 3.05) is 17.2 Å². The van der Waals surface area contributed by atoms with E-state index in [0.29, 0.717) is 23.6 Å². The predicted molar refractivity (Wildman–Crippen MR) is 76.4 cm³/mol. The standard InChI is InChI=1S/C13H14N6/c14-11-9(12(15)19-13(16)18-11)5-7-6-17-10-4-2-1-3-8(7)10/h1-4,6,17H,5H2,(H6,14,15,16,18,19). The van der Waals surface area contributed by atoms with E-state index >= 15 is 0 Å². The first kappa shape index (κ1) is 11.3. The highest BCUT2D eigenvalue weighted by atomic mass is 15.1. The lowest BCUT2D eigenvalue weighted by Crippen LogP contribution is -2.09. The van der Waals surface area contributed by atoms with Gasteiger partial charge in [-0.05, 0) is 11.6 Å². The number of aromatic nitrogens is 3. The lowest BCUT2D eigenvalue weighted by molar-refractivity contribution is 1.11. The fraction of sp³-hybridized carbons (Fsp3) is 0.0769. The van der Waals surface area contributed by atoms with Crippen LogP contribution in [0.5, 0.6) is 0 Å². The fourth-order valence-electron chi connectivity index (χ4n) is 2.19. The van der Waals surface area contributed by atoms with E-state index in [0.717, 1.165) is 16.5 Å². The highest BCUT2D eigenvalue weighted by Crippen LogP contribution is 2.25. The van der Waals surface area contributed by atoms with Gasteiger partial charge in [0.05, 0.1) is 0 Å². The Morgan fingerprint density at radius 1 is 1.00 bits per heavy atom. The zero-order valence-electron chi connectivity index (χ0n) is 10.2. The Labute approximate surface area is 109 Å². The van der Waals surface area contributed by atoms with Gasteiger partial charge < -0.3 is 22.2 Å². The van der Waals surface area contributed by atoms with E-state index in [1.54, 1.807) is 0 Å². The molecule has 0 saturated heterocycles. The van der Waals surface area contributed by atoms with Gasteiger partial charge in [-0.2, -0.15) is 9.97 Å². The van der Waals surface area contributed by atoms with E-state index in [1.807, 2.05) is 30.5 Å². The minimum Gasteiger partial charge on any atom is -0.383 e. The first-order valence-corrected chi connectivity index (χ1v) is 5.87. The van der Waals surface area contributed by atoms with Gasteiger partial charge in [0.2, 0.25) is 5.95 Å². The molecule has 1 aromatic carbocycles. The molecule has 0 saturated carbocycles. The molecule has 0 radical (unpaired) electrons. The van der Waals surface area contributed by atoms with Gasteiger partial charge in [0.1, 0.15) is 11.6 Å². The highest BCUT2D eigenvalue weighted by Gasteiger charge is 2.12. The van der Waals surface area contributed by atoms with Gasteiger partial charge in [0.25, 0.3) is 0 Å². The van der Waals surface area contributed by atoms with Gasteiger partial charge in [-0.15, -0.1) is 0 Å². The van der Waals surface area contributed by atoms with Crippen LogP contribution in [-0.4, -0.2) is 15.0 Å². The van der Waals surface area contributed by atoms with Gasteiger partial charge in [0, 0.05) is 29.1 Å². The second-order valence-corrected chi connectivity index (χ2v) is 4.37. The summed E-state index contributed by atoms with van der Waals surface area (Å²) in [5.41, 5.74) is 20.1. The first-order chi connectivity index (χ1) is 9.15. The molecule has 7 N–H and O–H groups in total. The number of anilines is 3. The van der Waals surface area contributed by atoms with Crippen molar-refractivity contribution in [3.63, 3.8) is 0 Å². The minimum absolute atomic E-state index is 0.0951. The zero-order valence-corrected chi connectivity index (χ0v) is 10.2. The normalized spacial score (nSPS) is 10.9. The van der Waals surface area contributed by atoms with Crippen LogP contribution in [0.1, 0.15) is 11.1 Å². The SMILES string of the molecule is Nc1nc(N)c(Cc2c[nH]c3ccccc23)c(N)n1. The second kappa shape index (κ2) is 4.16. The van der Waals surface area contributed by atoms with Crippen molar-refractivity contribution in [2.24, 2.45) is 0 Å². The van der Waals surface area contributed by atoms with Gasteiger partial charge in [0.15, 0.2) is 0 Å².